The number of esters is 3. The molecule has 0 spiro atoms. The maximum atomic E-state index is 13.1. The Morgan fingerprint density at radius 3 is 1.41 bits per heavy atom. The number of carbonyl (C=O) groups excluding carboxylic acids is 3. The van der Waals surface area contributed by atoms with Gasteiger partial charge in [-0.1, -0.05) is 202 Å². The molecule has 0 amide bonds. The summed E-state index contributed by atoms with van der Waals surface area (Å²) in [6.07, 6.45) is 50.2. The number of allylic oxidation sites excluding steroid dienone is 13. The number of carboxylic acids is 1. The molecule has 1 aliphatic heterocycles. The van der Waals surface area contributed by atoms with Crippen molar-refractivity contribution >= 4 is 23.9 Å². The average Bonchev–Trinajstić information content (AvgIpc) is 3.37. The minimum Gasteiger partial charge on any atom is -0.479 e. The standard InChI is InChI=1S/C61H100O12/c1-4-7-10-13-16-19-22-24-26-27-29-31-34-37-40-43-46-49-55(64)72-59-57(66)56(65)58(60(67)68)73-61(59)70-51-52(71-54(63)48-45-42-39-36-32-21-18-15-12-9-6-3)50-69-53(62)47-44-41-38-35-33-30-28-25-23-20-17-14-11-8-5-2/h8,11,15,17-18,20,24-26,28,33,35,41,44,52,56-59,61,65-66H,4-7,9-10,12-14,16,19,21-23,27,29-32,34,36-40,42-43,45-51H2,1-3H3,(H,67,68)/b11-8-,18-15-,20-17-,26-24-,28-25-,35-33-,44-41-. The first-order valence-electron chi connectivity index (χ1n) is 28.6. The number of hydrogen-bond donors (Lipinski definition) is 3. The van der Waals surface area contributed by atoms with Gasteiger partial charge in [0.2, 0.25) is 0 Å². The van der Waals surface area contributed by atoms with Gasteiger partial charge in [0.1, 0.15) is 18.8 Å². The molecule has 12 heteroatoms. The van der Waals surface area contributed by atoms with Crippen LogP contribution in [-0.4, -0.2) is 89.2 Å². The number of aliphatic carboxylic acids is 1. The number of ether oxygens (including phenoxy) is 5. The number of hydrogen-bond acceptors (Lipinski definition) is 11. The summed E-state index contributed by atoms with van der Waals surface area (Å²) in [6, 6.07) is 0. The zero-order valence-electron chi connectivity index (χ0n) is 45.6. The molecule has 1 heterocycles. The van der Waals surface area contributed by atoms with Crippen LogP contribution in [0.3, 0.4) is 0 Å². The van der Waals surface area contributed by atoms with Crippen LogP contribution in [0.5, 0.6) is 0 Å². The van der Waals surface area contributed by atoms with Crippen LogP contribution < -0.4 is 0 Å². The highest BCUT2D eigenvalue weighted by atomic mass is 16.7. The van der Waals surface area contributed by atoms with Gasteiger partial charge in [-0.3, -0.25) is 14.4 Å². The average molecular weight is 1030 g/mol. The van der Waals surface area contributed by atoms with Crippen molar-refractivity contribution in [2.75, 3.05) is 13.2 Å². The van der Waals surface area contributed by atoms with E-state index in [0.29, 0.717) is 19.3 Å². The number of aliphatic hydroxyl groups excluding tert-OH is 2. The van der Waals surface area contributed by atoms with Gasteiger partial charge in [-0.25, -0.2) is 4.79 Å². The minimum atomic E-state index is -1.92. The topological polar surface area (TPSA) is 175 Å². The molecule has 6 unspecified atom stereocenters. The summed E-state index contributed by atoms with van der Waals surface area (Å²) in [6.45, 7) is 5.72. The molecule has 0 aromatic carbocycles. The molecule has 0 aromatic rings. The van der Waals surface area contributed by atoms with Crippen LogP contribution in [0.15, 0.2) is 85.1 Å². The van der Waals surface area contributed by atoms with E-state index in [0.717, 1.165) is 103 Å². The fourth-order valence-electron chi connectivity index (χ4n) is 8.06. The first kappa shape index (κ1) is 66.9. The van der Waals surface area contributed by atoms with Crippen molar-refractivity contribution in [3.8, 4) is 0 Å². The second kappa shape index (κ2) is 48.8. The van der Waals surface area contributed by atoms with Crippen molar-refractivity contribution in [2.24, 2.45) is 0 Å². The molecule has 1 saturated heterocycles. The van der Waals surface area contributed by atoms with Crippen LogP contribution in [0.4, 0.5) is 0 Å². The van der Waals surface area contributed by atoms with Crippen LogP contribution in [0.25, 0.3) is 0 Å². The van der Waals surface area contributed by atoms with Crippen molar-refractivity contribution in [1.82, 2.24) is 0 Å². The van der Waals surface area contributed by atoms with Gasteiger partial charge in [0.15, 0.2) is 24.6 Å². The van der Waals surface area contributed by atoms with Crippen LogP contribution >= 0.6 is 0 Å². The Labute approximate surface area is 441 Å². The third-order valence-corrected chi connectivity index (χ3v) is 12.5. The Balaban J connectivity index is 2.74. The maximum absolute atomic E-state index is 13.1. The minimum absolute atomic E-state index is 0.0189. The summed E-state index contributed by atoms with van der Waals surface area (Å²) < 4.78 is 28.2. The van der Waals surface area contributed by atoms with Gasteiger partial charge < -0.3 is 39.0 Å². The molecule has 1 rings (SSSR count). The lowest BCUT2D eigenvalue weighted by atomic mass is 9.98. The SMILES string of the molecule is CC/C=C\C/C=C\C/C=C\C/C=C\C/C=C\CC(=O)OCC(COC1OC(C(=O)O)C(O)C(O)C1OC(=O)CCCCCCCCC/C=C\CCCCCCCC)OC(=O)CCCCCCC/C=C\CCCC. The molecule has 0 radical (unpaired) electrons. The Morgan fingerprint density at radius 1 is 0.479 bits per heavy atom. The van der Waals surface area contributed by atoms with Crippen molar-refractivity contribution in [1.29, 1.82) is 0 Å². The third-order valence-electron chi connectivity index (χ3n) is 12.5. The third kappa shape index (κ3) is 39.0. The molecule has 73 heavy (non-hydrogen) atoms. The van der Waals surface area contributed by atoms with E-state index >= 15 is 0 Å². The summed E-state index contributed by atoms with van der Waals surface area (Å²) in [5.41, 5.74) is 0. The Bertz CT molecular complexity index is 1590. The van der Waals surface area contributed by atoms with E-state index in [9.17, 15) is 34.5 Å². The summed E-state index contributed by atoms with van der Waals surface area (Å²) in [4.78, 5) is 50.9. The predicted molar refractivity (Wildman–Crippen MR) is 294 cm³/mol. The van der Waals surface area contributed by atoms with E-state index in [1.807, 2.05) is 12.2 Å². The number of carbonyl (C=O) groups is 4. The van der Waals surface area contributed by atoms with Gasteiger partial charge >= 0.3 is 23.9 Å². The highest BCUT2D eigenvalue weighted by Crippen LogP contribution is 2.26. The molecular weight excluding hydrogens is 925 g/mol. The molecule has 0 saturated carbocycles. The molecule has 416 valence electrons. The predicted octanol–water partition coefficient (Wildman–Crippen LogP) is 14.3. The summed E-state index contributed by atoms with van der Waals surface area (Å²) in [5, 5.41) is 31.4. The van der Waals surface area contributed by atoms with E-state index < -0.39 is 67.3 Å². The largest absolute Gasteiger partial charge is 0.479 e. The highest BCUT2D eigenvalue weighted by molar-refractivity contribution is 5.74. The van der Waals surface area contributed by atoms with E-state index in [2.05, 4.69) is 87.6 Å². The van der Waals surface area contributed by atoms with Crippen LogP contribution in [0.2, 0.25) is 0 Å². The first-order chi connectivity index (χ1) is 35.6. The van der Waals surface area contributed by atoms with E-state index in [4.69, 9.17) is 23.7 Å². The fourth-order valence-corrected chi connectivity index (χ4v) is 8.06. The van der Waals surface area contributed by atoms with Crippen molar-refractivity contribution < 1.29 is 58.2 Å². The van der Waals surface area contributed by atoms with Crippen molar-refractivity contribution in [3.05, 3.63) is 85.1 Å². The molecular formula is C61H100O12. The van der Waals surface area contributed by atoms with Crippen LogP contribution in [-0.2, 0) is 42.9 Å². The monoisotopic (exact) mass is 1020 g/mol. The van der Waals surface area contributed by atoms with Gasteiger partial charge in [-0.15, -0.1) is 0 Å². The molecule has 1 fully saturated rings. The molecule has 1 aliphatic rings. The van der Waals surface area contributed by atoms with Gasteiger partial charge in [0, 0.05) is 12.8 Å². The van der Waals surface area contributed by atoms with Gasteiger partial charge in [0.25, 0.3) is 0 Å². The van der Waals surface area contributed by atoms with E-state index in [1.165, 1.54) is 64.2 Å². The summed E-state index contributed by atoms with van der Waals surface area (Å²) >= 11 is 0. The number of rotatable bonds is 47. The quantitative estimate of drug-likeness (QED) is 0.0228. The van der Waals surface area contributed by atoms with Crippen LogP contribution in [0.1, 0.15) is 226 Å². The first-order valence-corrected chi connectivity index (χ1v) is 28.6. The van der Waals surface area contributed by atoms with E-state index in [1.54, 1.807) is 6.08 Å². The second-order valence-electron chi connectivity index (χ2n) is 19.2. The lowest BCUT2D eigenvalue weighted by molar-refractivity contribution is -0.301. The number of unbranched alkanes of at least 4 members (excludes halogenated alkanes) is 20. The number of carboxylic acid groups (broad SMARTS) is 1. The van der Waals surface area contributed by atoms with Gasteiger partial charge in [0.05, 0.1) is 13.0 Å². The molecule has 0 bridgehead atoms. The van der Waals surface area contributed by atoms with Gasteiger partial charge in [-0.05, 0) is 89.9 Å². The maximum Gasteiger partial charge on any atom is 0.335 e. The molecule has 0 aromatic heterocycles. The lowest BCUT2D eigenvalue weighted by Crippen LogP contribution is -2.61. The van der Waals surface area contributed by atoms with Crippen molar-refractivity contribution in [2.45, 2.75) is 263 Å². The molecule has 12 nitrogen and oxygen atoms in total. The zero-order valence-corrected chi connectivity index (χ0v) is 45.6. The smallest absolute Gasteiger partial charge is 0.335 e. The Morgan fingerprint density at radius 2 is 0.918 bits per heavy atom. The van der Waals surface area contributed by atoms with Crippen LogP contribution in [0, 0.1) is 0 Å². The molecule has 0 aliphatic carbocycles. The second-order valence-corrected chi connectivity index (χ2v) is 19.2. The summed E-state index contributed by atoms with van der Waals surface area (Å²) in [5.74, 6) is -3.31. The number of aliphatic hydroxyl groups is 2. The van der Waals surface area contributed by atoms with Crippen molar-refractivity contribution in [3.63, 3.8) is 0 Å². The fraction of sp³-hybridized carbons (Fsp3) is 0.705. The summed E-state index contributed by atoms with van der Waals surface area (Å²) in [7, 11) is 0. The highest BCUT2D eigenvalue weighted by Gasteiger charge is 2.50. The molecule has 3 N–H and O–H groups in total. The normalized spacial score (nSPS) is 18.9. The van der Waals surface area contributed by atoms with E-state index in [-0.39, 0.29) is 25.9 Å². The zero-order chi connectivity index (χ0) is 53.3. The Kier molecular flexibility index (Phi) is 44.7. The lowest BCUT2D eigenvalue weighted by Gasteiger charge is -2.40. The Hall–Kier alpha value is -4.10. The molecule has 6 atom stereocenters. The van der Waals surface area contributed by atoms with Gasteiger partial charge in [-0.2, -0.15) is 0 Å².